The van der Waals surface area contributed by atoms with E-state index < -0.39 is 11.0 Å². The van der Waals surface area contributed by atoms with Gasteiger partial charge in [-0.3, -0.25) is 9.59 Å². The van der Waals surface area contributed by atoms with Crippen molar-refractivity contribution in [3.63, 3.8) is 0 Å². The van der Waals surface area contributed by atoms with Crippen LogP contribution in [0.3, 0.4) is 0 Å². The minimum atomic E-state index is -0.733. The van der Waals surface area contributed by atoms with Crippen LogP contribution in [0.25, 0.3) is 0 Å². The van der Waals surface area contributed by atoms with E-state index in [0.717, 1.165) is 18.4 Å². The Hall–Kier alpha value is -1.32. The molecule has 0 heterocycles. The third-order valence-corrected chi connectivity index (χ3v) is 4.16. The van der Waals surface area contributed by atoms with Crippen LogP contribution in [-0.4, -0.2) is 24.6 Å². The van der Waals surface area contributed by atoms with Gasteiger partial charge >= 0.3 is 11.9 Å². The lowest BCUT2D eigenvalue weighted by Gasteiger charge is -2.37. The quantitative estimate of drug-likeness (QED) is 0.587. The Bertz CT molecular complexity index is 409. The van der Waals surface area contributed by atoms with Gasteiger partial charge in [0, 0.05) is 0 Å². The Morgan fingerprint density at radius 1 is 1.24 bits per heavy atom. The summed E-state index contributed by atoms with van der Waals surface area (Å²) in [7, 11) is 1.38. The van der Waals surface area contributed by atoms with Crippen LogP contribution in [-0.2, 0) is 19.1 Å². The standard InChI is InChI=1S/C17H28O4/c1-12(2)13-7-9-17(10-8-13,15(19)20-6)11-14(18)21-16(3,4)5/h13H,1,7-11H2,2-6H3. The molecule has 1 aliphatic rings. The Morgan fingerprint density at radius 3 is 2.14 bits per heavy atom. The van der Waals surface area contributed by atoms with E-state index in [2.05, 4.69) is 6.58 Å². The van der Waals surface area contributed by atoms with Gasteiger partial charge in [-0.2, -0.15) is 0 Å². The summed E-state index contributed by atoms with van der Waals surface area (Å²) in [4.78, 5) is 24.3. The summed E-state index contributed by atoms with van der Waals surface area (Å²) in [5.41, 5.74) is -0.127. The first-order valence-electron chi connectivity index (χ1n) is 7.55. The Morgan fingerprint density at radius 2 is 1.76 bits per heavy atom. The van der Waals surface area contributed by atoms with E-state index in [9.17, 15) is 9.59 Å². The van der Waals surface area contributed by atoms with E-state index in [4.69, 9.17) is 9.47 Å². The van der Waals surface area contributed by atoms with Gasteiger partial charge in [0.25, 0.3) is 0 Å². The van der Waals surface area contributed by atoms with Crippen molar-refractivity contribution >= 4 is 11.9 Å². The fourth-order valence-corrected chi connectivity index (χ4v) is 2.99. The normalized spacial score (nSPS) is 26.0. The van der Waals surface area contributed by atoms with Gasteiger partial charge in [0.1, 0.15) is 5.60 Å². The molecule has 0 N–H and O–H groups in total. The summed E-state index contributed by atoms with van der Waals surface area (Å²) < 4.78 is 10.3. The first-order chi connectivity index (χ1) is 9.59. The number of ether oxygens (including phenoxy) is 2. The highest BCUT2D eigenvalue weighted by Crippen LogP contribution is 2.44. The van der Waals surface area contributed by atoms with E-state index in [0.29, 0.717) is 18.8 Å². The molecule has 0 amide bonds. The topological polar surface area (TPSA) is 52.6 Å². The van der Waals surface area contributed by atoms with Gasteiger partial charge in [-0.15, -0.1) is 0 Å². The minimum absolute atomic E-state index is 0.0971. The minimum Gasteiger partial charge on any atom is -0.469 e. The zero-order valence-electron chi connectivity index (χ0n) is 14.0. The second-order valence-electron chi connectivity index (χ2n) is 7.16. The van der Waals surface area contributed by atoms with Crippen LogP contribution in [0.4, 0.5) is 0 Å². The summed E-state index contributed by atoms with van der Waals surface area (Å²) in [6, 6.07) is 0. The summed E-state index contributed by atoms with van der Waals surface area (Å²) in [5, 5.41) is 0. The fourth-order valence-electron chi connectivity index (χ4n) is 2.99. The molecular formula is C17H28O4. The Kier molecular flexibility index (Phi) is 5.60. The predicted molar refractivity (Wildman–Crippen MR) is 81.7 cm³/mol. The maximum atomic E-state index is 12.2. The van der Waals surface area contributed by atoms with Gasteiger partial charge in [0.05, 0.1) is 18.9 Å². The molecular weight excluding hydrogens is 268 g/mol. The largest absolute Gasteiger partial charge is 0.469 e. The van der Waals surface area contributed by atoms with Crippen molar-refractivity contribution in [3.05, 3.63) is 12.2 Å². The third kappa shape index (κ3) is 4.87. The summed E-state index contributed by atoms with van der Waals surface area (Å²) >= 11 is 0. The number of allylic oxidation sites excluding steroid dienone is 1. The maximum absolute atomic E-state index is 12.2. The molecule has 4 nitrogen and oxygen atoms in total. The molecule has 0 spiro atoms. The van der Waals surface area contributed by atoms with E-state index in [1.54, 1.807) is 0 Å². The van der Waals surface area contributed by atoms with Gasteiger partial charge in [-0.25, -0.2) is 0 Å². The molecule has 0 aliphatic heterocycles. The Balaban J connectivity index is 2.80. The van der Waals surface area contributed by atoms with Gasteiger partial charge in [-0.05, 0) is 59.3 Å². The van der Waals surface area contributed by atoms with Gasteiger partial charge in [0.15, 0.2) is 0 Å². The van der Waals surface area contributed by atoms with Crippen LogP contribution in [0, 0.1) is 11.3 Å². The average molecular weight is 296 g/mol. The van der Waals surface area contributed by atoms with Crippen molar-refractivity contribution in [2.75, 3.05) is 7.11 Å². The third-order valence-electron chi connectivity index (χ3n) is 4.16. The highest BCUT2D eigenvalue weighted by Gasteiger charge is 2.45. The van der Waals surface area contributed by atoms with E-state index in [1.807, 2.05) is 27.7 Å². The molecule has 0 unspecified atom stereocenters. The number of methoxy groups -OCH3 is 1. The molecule has 1 rings (SSSR count). The van der Waals surface area contributed by atoms with Crippen molar-refractivity contribution in [2.45, 2.75) is 65.4 Å². The van der Waals surface area contributed by atoms with Gasteiger partial charge < -0.3 is 9.47 Å². The number of hydrogen-bond donors (Lipinski definition) is 0. The number of hydrogen-bond acceptors (Lipinski definition) is 4. The molecule has 120 valence electrons. The lowest BCUT2D eigenvalue weighted by atomic mass is 9.67. The van der Waals surface area contributed by atoms with Crippen LogP contribution >= 0.6 is 0 Å². The van der Waals surface area contributed by atoms with E-state index in [1.165, 1.54) is 7.11 Å². The van der Waals surface area contributed by atoms with Crippen molar-refractivity contribution < 1.29 is 19.1 Å². The molecule has 0 aromatic rings. The highest BCUT2D eigenvalue weighted by molar-refractivity contribution is 5.83. The molecule has 0 saturated heterocycles. The molecule has 0 bridgehead atoms. The molecule has 21 heavy (non-hydrogen) atoms. The van der Waals surface area contributed by atoms with Crippen LogP contribution in [0.5, 0.6) is 0 Å². The smallest absolute Gasteiger partial charge is 0.312 e. The molecule has 1 saturated carbocycles. The fraction of sp³-hybridized carbons (Fsp3) is 0.765. The van der Waals surface area contributed by atoms with Crippen LogP contribution in [0.1, 0.15) is 59.8 Å². The SMILES string of the molecule is C=C(C)C1CCC(CC(=O)OC(C)(C)C)(C(=O)OC)CC1. The van der Waals surface area contributed by atoms with E-state index in [-0.39, 0.29) is 18.4 Å². The zero-order valence-corrected chi connectivity index (χ0v) is 14.0. The van der Waals surface area contributed by atoms with Crippen LogP contribution < -0.4 is 0 Å². The first-order valence-corrected chi connectivity index (χ1v) is 7.55. The molecule has 1 aliphatic carbocycles. The maximum Gasteiger partial charge on any atom is 0.312 e. The molecule has 0 aromatic carbocycles. The number of esters is 2. The van der Waals surface area contributed by atoms with Crippen molar-refractivity contribution in [3.8, 4) is 0 Å². The molecule has 0 radical (unpaired) electrons. The second kappa shape index (κ2) is 6.63. The highest BCUT2D eigenvalue weighted by atomic mass is 16.6. The summed E-state index contributed by atoms with van der Waals surface area (Å²) in [6.07, 6.45) is 3.13. The lowest BCUT2D eigenvalue weighted by molar-refractivity contribution is -0.168. The first kappa shape index (κ1) is 17.7. The van der Waals surface area contributed by atoms with Crippen LogP contribution in [0.2, 0.25) is 0 Å². The van der Waals surface area contributed by atoms with Crippen molar-refractivity contribution in [1.29, 1.82) is 0 Å². The lowest BCUT2D eigenvalue weighted by Crippen LogP contribution is -2.40. The monoisotopic (exact) mass is 296 g/mol. The summed E-state index contributed by atoms with van der Waals surface area (Å²) in [6.45, 7) is 11.5. The number of carbonyl (C=O) groups is 2. The average Bonchev–Trinajstić information content (AvgIpc) is 2.35. The number of rotatable bonds is 4. The molecule has 0 atom stereocenters. The van der Waals surface area contributed by atoms with Gasteiger partial charge in [-0.1, -0.05) is 12.2 Å². The number of carbonyl (C=O) groups excluding carboxylic acids is 2. The molecule has 0 aromatic heterocycles. The Labute approximate surface area is 127 Å². The predicted octanol–water partition coefficient (Wildman–Crippen LogP) is 3.64. The second-order valence-corrected chi connectivity index (χ2v) is 7.16. The van der Waals surface area contributed by atoms with Gasteiger partial charge in [0.2, 0.25) is 0 Å². The van der Waals surface area contributed by atoms with Crippen LogP contribution in [0.15, 0.2) is 12.2 Å². The van der Waals surface area contributed by atoms with Crippen molar-refractivity contribution in [1.82, 2.24) is 0 Å². The molecule has 1 fully saturated rings. The molecule has 4 heteroatoms. The van der Waals surface area contributed by atoms with Crippen molar-refractivity contribution in [2.24, 2.45) is 11.3 Å². The zero-order chi connectivity index (χ0) is 16.3. The summed E-state index contributed by atoms with van der Waals surface area (Å²) in [5.74, 6) is -0.198. The van der Waals surface area contributed by atoms with E-state index >= 15 is 0 Å².